The predicted octanol–water partition coefficient (Wildman–Crippen LogP) is 2.11. The van der Waals surface area contributed by atoms with Gasteiger partial charge < -0.3 is 9.84 Å². The molecule has 1 atom stereocenters. The van der Waals surface area contributed by atoms with Gasteiger partial charge in [-0.2, -0.15) is 0 Å². The van der Waals surface area contributed by atoms with Crippen LogP contribution >= 0.6 is 0 Å². The Balaban J connectivity index is 2.03. The summed E-state index contributed by atoms with van der Waals surface area (Å²) in [6.07, 6.45) is 0.253. The highest BCUT2D eigenvalue weighted by molar-refractivity contribution is 7.89. The van der Waals surface area contributed by atoms with Gasteiger partial charge in [-0.25, -0.2) is 17.5 Å². The average molecular weight is 353 g/mol. The molecule has 0 saturated carbocycles. The van der Waals surface area contributed by atoms with E-state index in [1.54, 1.807) is 31.4 Å². The molecule has 0 spiro atoms. The summed E-state index contributed by atoms with van der Waals surface area (Å²) in [4.78, 5) is -0.178. The number of nitrogens with one attached hydrogen (secondary N) is 1. The van der Waals surface area contributed by atoms with Crippen molar-refractivity contribution >= 4 is 10.0 Å². The highest BCUT2D eigenvalue weighted by atomic mass is 32.2. The van der Waals surface area contributed by atoms with Crippen molar-refractivity contribution < 1.29 is 22.7 Å². The van der Waals surface area contributed by atoms with Gasteiger partial charge in [0.25, 0.3) is 0 Å². The number of halogens is 1. The first kappa shape index (κ1) is 18.4. The van der Waals surface area contributed by atoms with Crippen molar-refractivity contribution in [3.63, 3.8) is 0 Å². The van der Waals surface area contributed by atoms with Crippen molar-refractivity contribution in [2.75, 3.05) is 13.7 Å². The molecule has 2 rings (SSSR count). The van der Waals surface area contributed by atoms with E-state index in [4.69, 9.17) is 4.74 Å². The van der Waals surface area contributed by atoms with Crippen molar-refractivity contribution in [2.24, 2.45) is 0 Å². The minimum Gasteiger partial charge on any atom is -0.497 e. The SMILES string of the molecule is COc1ccc(CC(C)(O)CNS(=O)(=O)c2cccc(F)c2)cc1. The van der Waals surface area contributed by atoms with E-state index in [2.05, 4.69) is 4.72 Å². The summed E-state index contributed by atoms with van der Waals surface area (Å²) in [7, 11) is -2.33. The number of aliphatic hydroxyl groups is 1. The van der Waals surface area contributed by atoms with Crippen molar-refractivity contribution in [2.45, 2.75) is 23.8 Å². The Kier molecular flexibility index (Phi) is 5.58. The zero-order chi connectivity index (χ0) is 17.8. The van der Waals surface area contributed by atoms with Gasteiger partial charge in [0.1, 0.15) is 11.6 Å². The van der Waals surface area contributed by atoms with Crippen LogP contribution < -0.4 is 9.46 Å². The second kappa shape index (κ2) is 7.29. The Bertz CT molecular complexity index is 788. The van der Waals surface area contributed by atoms with Gasteiger partial charge in [0, 0.05) is 13.0 Å². The minimum absolute atomic E-state index is 0.178. The van der Waals surface area contributed by atoms with E-state index >= 15 is 0 Å². The second-order valence-corrected chi connectivity index (χ2v) is 7.57. The van der Waals surface area contributed by atoms with Crippen LogP contribution in [0.25, 0.3) is 0 Å². The Hall–Kier alpha value is -1.96. The molecule has 0 fully saturated rings. The molecule has 0 aromatic heterocycles. The summed E-state index contributed by atoms with van der Waals surface area (Å²) >= 11 is 0. The monoisotopic (exact) mass is 353 g/mol. The number of hydrogen-bond acceptors (Lipinski definition) is 4. The second-order valence-electron chi connectivity index (χ2n) is 5.80. The van der Waals surface area contributed by atoms with Gasteiger partial charge in [-0.15, -0.1) is 0 Å². The summed E-state index contributed by atoms with van der Waals surface area (Å²) in [6.45, 7) is 1.34. The summed E-state index contributed by atoms with van der Waals surface area (Å²) in [6, 6.07) is 11.8. The van der Waals surface area contributed by atoms with Crippen molar-refractivity contribution in [1.82, 2.24) is 4.72 Å². The quantitative estimate of drug-likeness (QED) is 0.799. The van der Waals surface area contributed by atoms with E-state index in [9.17, 15) is 17.9 Å². The number of hydrogen-bond donors (Lipinski definition) is 2. The maximum Gasteiger partial charge on any atom is 0.240 e. The van der Waals surface area contributed by atoms with Gasteiger partial charge in [-0.3, -0.25) is 0 Å². The topological polar surface area (TPSA) is 75.6 Å². The number of ether oxygens (including phenoxy) is 1. The predicted molar refractivity (Wildman–Crippen MR) is 88.9 cm³/mol. The van der Waals surface area contributed by atoms with Crippen LogP contribution in [0.2, 0.25) is 0 Å². The highest BCUT2D eigenvalue weighted by Crippen LogP contribution is 2.18. The van der Waals surface area contributed by atoms with E-state index in [0.717, 1.165) is 11.6 Å². The lowest BCUT2D eigenvalue weighted by Crippen LogP contribution is -2.42. The lowest BCUT2D eigenvalue weighted by atomic mass is 9.97. The van der Waals surface area contributed by atoms with E-state index in [1.807, 2.05) is 0 Å². The Morgan fingerprint density at radius 3 is 2.46 bits per heavy atom. The van der Waals surface area contributed by atoms with E-state index in [-0.39, 0.29) is 17.9 Å². The number of methoxy groups -OCH3 is 1. The number of sulfonamides is 1. The van der Waals surface area contributed by atoms with E-state index in [0.29, 0.717) is 5.75 Å². The Labute approximate surface area is 141 Å². The largest absolute Gasteiger partial charge is 0.497 e. The third-order valence-electron chi connectivity index (χ3n) is 3.49. The van der Waals surface area contributed by atoms with Crippen LogP contribution in [0.3, 0.4) is 0 Å². The molecule has 0 aliphatic rings. The van der Waals surface area contributed by atoms with Crippen LogP contribution in [0, 0.1) is 5.82 Å². The standard InChI is InChI=1S/C17H20FNO4S/c1-17(20,11-13-6-8-15(23-2)9-7-13)12-19-24(21,22)16-5-3-4-14(18)10-16/h3-10,19-20H,11-12H2,1-2H3. The lowest BCUT2D eigenvalue weighted by Gasteiger charge is -2.24. The molecule has 0 heterocycles. The first-order valence-corrected chi connectivity index (χ1v) is 8.81. The van der Waals surface area contributed by atoms with Crippen LogP contribution in [-0.2, 0) is 16.4 Å². The molecule has 0 saturated heterocycles. The molecule has 130 valence electrons. The summed E-state index contributed by atoms with van der Waals surface area (Å²) in [5.41, 5.74) is -0.458. The smallest absolute Gasteiger partial charge is 0.240 e. The van der Waals surface area contributed by atoms with Crippen molar-refractivity contribution in [1.29, 1.82) is 0 Å². The van der Waals surface area contributed by atoms with Gasteiger partial charge in [0.2, 0.25) is 10.0 Å². The van der Waals surface area contributed by atoms with Gasteiger partial charge >= 0.3 is 0 Å². The lowest BCUT2D eigenvalue weighted by molar-refractivity contribution is 0.0657. The Morgan fingerprint density at radius 1 is 1.21 bits per heavy atom. The normalized spacial score (nSPS) is 14.2. The molecule has 2 aromatic carbocycles. The van der Waals surface area contributed by atoms with E-state index < -0.39 is 21.4 Å². The van der Waals surface area contributed by atoms with Crippen LogP contribution in [0.1, 0.15) is 12.5 Å². The molecule has 5 nitrogen and oxygen atoms in total. The molecule has 0 bridgehead atoms. The molecule has 7 heteroatoms. The third-order valence-corrected chi connectivity index (χ3v) is 4.89. The molecule has 1 unspecified atom stereocenters. The van der Waals surface area contributed by atoms with Gasteiger partial charge in [0.05, 0.1) is 17.6 Å². The molecule has 24 heavy (non-hydrogen) atoms. The van der Waals surface area contributed by atoms with Crippen LogP contribution in [-0.4, -0.2) is 32.8 Å². The van der Waals surface area contributed by atoms with E-state index in [1.165, 1.54) is 25.1 Å². The maximum atomic E-state index is 13.2. The Morgan fingerprint density at radius 2 is 1.88 bits per heavy atom. The molecule has 0 radical (unpaired) electrons. The number of benzene rings is 2. The maximum absolute atomic E-state index is 13.2. The molecule has 0 aliphatic carbocycles. The van der Waals surface area contributed by atoms with Crippen molar-refractivity contribution in [3.8, 4) is 5.75 Å². The number of rotatable bonds is 7. The fourth-order valence-electron chi connectivity index (χ4n) is 2.21. The molecule has 0 amide bonds. The fraction of sp³-hybridized carbons (Fsp3) is 0.294. The molecular weight excluding hydrogens is 333 g/mol. The van der Waals surface area contributed by atoms with Gasteiger partial charge in [-0.1, -0.05) is 18.2 Å². The van der Waals surface area contributed by atoms with Gasteiger partial charge in [-0.05, 0) is 42.8 Å². The molecule has 2 aromatic rings. The highest BCUT2D eigenvalue weighted by Gasteiger charge is 2.25. The molecule has 2 N–H and O–H groups in total. The first-order valence-electron chi connectivity index (χ1n) is 7.32. The van der Waals surface area contributed by atoms with Crippen LogP contribution in [0.5, 0.6) is 5.75 Å². The van der Waals surface area contributed by atoms with Crippen LogP contribution in [0.15, 0.2) is 53.4 Å². The zero-order valence-electron chi connectivity index (χ0n) is 13.5. The zero-order valence-corrected chi connectivity index (χ0v) is 14.3. The fourth-order valence-corrected chi connectivity index (χ4v) is 3.41. The van der Waals surface area contributed by atoms with Crippen molar-refractivity contribution in [3.05, 3.63) is 59.9 Å². The minimum atomic E-state index is -3.89. The molecular formula is C17H20FNO4S. The average Bonchev–Trinajstić information content (AvgIpc) is 2.54. The summed E-state index contributed by atoms with van der Waals surface area (Å²) in [5, 5.41) is 10.4. The molecule has 0 aliphatic heterocycles. The van der Waals surface area contributed by atoms with Crippen LogP contribution in [0.4, 0.5) is 4.39 Å². The third kappa shape index (κ3) is 5.02. The summed E-state index contributed by atoms with van der Waals surface area (Å²) < 4.78 is 44.9. The van der Waals surface area contributed by atoms with Gasteiger partial charge in [0.15, 0.2) is 0 Å². The first-order chi connectivity index (χ1) is 11.2. The summed E-state index contributed by atoms with van der Waals surface area (Å²) in [5.74, 6) is 0.0630.